The average Bonchev–Trinajstić information content (AvgIpc) is 2.46. The first kappa shape index (κ1) is 11.5. The number of hydrogen-bond acceptors (Lipinski definition) is 3. The van der Waals surface area contributed by atoms with Gasteiger partial charge in [-0.05, 0) is 29.1 Å². The maximum absolute atomic E-state index is 9.58. The Balaban J connectivity index is 1.90. The van der Waals surface area contributed by atoms with E-state index in [1.807, 2.05) is 30.3 Å². The fourth-order valence-corrected chi connectivity index (χ4v) is 2.08. The number of anilines is 1. The van der Waals surface area contributed by atoms with Crippen molar-refractivity contribution in [2.75, 3.05) is 5.32 Å². The lowest BCUT2D eigenvalue weighted by molar-refractivity contribution is 0.476. The van der Waals surface area contributed by atoms with Crippen LogP contribution in [0, 0.1) is 0 Å². The highest BCUT2D eigenvalue weighted by molar-refractivity contribution is 5.92. The lowest BCUT2D eigenvalue weighted by atomic mass is 10.1. The number of fused-ring (bicyclic) bond motifs is 1. The number of nitrogens with one attached hydrogen (secondary N) is 1. The highest BCUT2D eigenvalue weighted by Gasteiger charge is 2.03. The fourth-order valence-electron chi connectivity index (χ4n) is 2.08. The molecule has 0 bridgehead atoms. The molecule has 3 aromatic rings. The molecule has 0 atom stereocenters. The van der Waals surface area contributed by atoms with Gasteiger partial charge in [-0.2, -0.15) is 0 Å². The molecule has 1 aromatic heterocycles. The number of phenols is 1. The second kappa shape index (κ2) is 4.98. The number of aromatic nitrogens is 1. The average molecular weight is 250 g/mol. The molecule has 3 rings (SSSR count). The van der Waals surface area contributed by atoms with Crippen molar-refractivity contribution >= 4 is 16.6 Å². The summed E-state index contributed by atoms with van der Waals surface area (Å²) in [5.74, 6) is 1.04. The van der Waals surface area contributed by atoms with Gasteiger partial charge in [-0.1, -0.05) is 36.4 Å². The van der Waals surface area contributed by atoms with Crippen molar-refractivity contribution in [3.05, 3.63) is 66.4 Å². The minimum atomic E-state index is 0.253. The van der Waals surface area contributed by atoms with Crippen molar-refractivity contribution < 1.29 is 5.11 Å². The molecule has 94 valence electrons. The third-order valence-corrected chi connectivity index (χ3v) is 3.05. The van der Waals surface area contributed by atoms with Crippen LogP contribution in [0.5, 0.6) is 5.75 Å². The minimum absolute atomic E-state index is 0.253. The summed E-state index contributed by atoms with van der Waals surface area (Å²) in [6.07, 6.45) is 1.77. The molecule has 0 saturated heterocycles. The summed E-state index contributed by atoms with van der Waals surface area (Å²) in [6.45, 7) is 0.711. The summed E-state index contributed by atoms with van der Waals surface area (Å²) >= 11 is 0. The molecule has 1 heterocycles. The van der Waals surface area contributed by atoms with Crippen molar-refractivity contribution in [3.8, 4) is 5.75 Å². The molecule has 0 saturated carbocycles. The van der Waals surface area contributed by atoms with Crippen LogP contribution in [0.25, 0.3) is 10.8 Å². The maximum Gasteiger partial charge on any atom is 0.134 e. The van der Waals surface area contributed by atoms with E-state index in [1.54, 1.807) is 18.3 Å². The van der Waals surface area contributed by atoms with Gasteiger partial charge in [-0.25, -0.2) is 4.98 Å². The fraction of sp³-hybridized carbons (Fsp3) is 0.0625. The molecule has 0 amide bonds. The van der Waals surface area contributed by atoms with Crippen LogP contribution in [0.3, 0.4) is 0 Å². The number of nitrogens with zero attached hydrogens (tertiary/aromatic N) is 1. The first-order valence-electron chi connectivity index (χ1n) is 6.18. The number of pyridine rings is 1. The highest BCUT2D eigenvalue weighted by Crippen LogP contribution is 2.25. The number of benzene rings is 2. The van der Waals surface area contributed by atoms with E-state index >= 15 is 0 Å². The van der Waals surface area contributed by atoms with Crippen LogP contribution < -0.4 is 5.32 Å². The van der Waals surface area contributed by atoms with Crippen molar-refractivity contribution in [1.82, 2.24) is 4.98 Å². The summed E-state index contributed by atoms with van der Waals surface area (Å²) in [5.41, 5.74) is 1.20. The summed E-state index contributed by atoms with van der Waals surface area (Å²) < 4.78 is 0. The Bertz CT molecular complexity index is 695. The molecular weight excluding hydrogens is 236 g/mol. The maximum atomic E-state index is 9.58. The van der Waals surface area contributed by atoms with Crippen molar-refractivity contribution in [2.45, 2.75) is 6.54 Å². The Morgan fingerprint density at radius 3 is 2.68 bits per heavy atom. The van der Waals surface area contributed by atoms with Gasteiger partial charge >= 0.3 is 0 Å². The molecule has 0 unspecified atom stereocenters. The quantitative estimate of drug-likeness (QED) is 0.747. The van der Waals surface area contributed by atoms with Crippen molar-refractivity contribution in [2.24, 2.45) is 0 Å². The summed E-state index contributed by atoms with van der Waals surface area (Å²) in [6, 6.07) is 17.4. The number of aromatic hydroxyl groups is 1. The number of rotatable bonds is 3. The van der Waals surface area contributed by atoms with E-state index in [-0.39, 0.29) is 5.75 Å². The van der Waals surface area contributed by atoms with Crippen LogP contribution in [0.15, 0.2) is 60.8 Å². The van der Waals surface area contributed by atoms with E-state index < -0.39 is 0 Å². The van der Waals surface area contributed by atoms with E-state index in [0.717, 1.165) is 16.6 Å². The first-order valence-corrected chi connectivity index (χ1v) is 6.18. The van der Waals surface area contributed by atoms with Crippen molar-refractivity contribution in [3.63, 3.8) is 0 Å². The molecule has 2 aromatic carbocycles. The SMILES string of the molecule is Oc1ccc2ccnc(NCc3ccccc3)c2c1. The van der Waals surface area contributed by atoms with Gasteiger partial charge in [0.2, 0.25) is 0 Å². The van der Waals surface area contributed by atoms with Gasteiger partial charge in [0.15, 0.2) is 0 Å². The van der Waals surface area contributed by atoms with Gasteiger partial charge in [0.25, 0.3) is 0 Å². The van der Waals surface area contributed by atoms with Gasteiger partial charge < -0.3 is 10.4 Å². The Hall–Kier alpha value is -2.55. The zero-order valence-electron chi connectivity index (χ0n) is 10.4. The molecule has 0 radical (unpaired) electrons. The second-order valence-corrected chi connectivity index (χ2v) is 4.40. The Labute approximate surface area is 111 Å². The topological polar surface area (TPSA) is 45.2 Å². The van der Waals surface area contributed by atoms with Gasteiger partial charge in [-0.3, -0.25) is 0 Å². The van der Waals surface area contributed by atoms with Gasteiger partial charge in [0, 0.05) is 18.1 Å². The predicted octanol–water partition coefficient (Wildman–Crippen LogP) is 3.55. The molecule has 3 heteroatoms. The second-order valence-electron chi connectivity index (χ2n) is 4.40. The third kappa shape index (κ3) is 2.50. The monoisotopic (exact) mass is 250 g/mol. The molecule has 2 N–H and O–H groups in total. The Morgan fingerprint density at radius 2 is 1.84 bits per heavy atom. The Morgan fingerprint density at radius 1 is 1.00 bits per heavy atom. The first-order chi connectivity index (χ1) is 9.33. The minimum Gasteiger partial charge on any atom is -0.508 e. The summed E-state index contributed by atoms with van der Waals surface area (Å²) in [7, 11) is 0. The lowest BCUT2D eigenvalue weighted by Gasteiger charge is -2.09. The molecular formula is C16H14N2O. The molecule has 0 spiro atoms. The van der Waals surface area contributed by atoms with Gasteiger partial charge in [-0.15, -0.1) is 0 Å². The van der Waals surface area contributed by atoms with Gasteiger partial charge in [0.05, 0.1) is 0 Å². The van der Waals surface area contributed by atoms with Crippen LogP contribution >= 0.6 is 0 Å². The zero-order valence-corrected chi connectivity index (χ0v) is 10.4. The van der Waals surface area contributed by atoms with Crippen LogP contribution in [0.1, 0.15) is 5.56 Å². The van der Waals surface area contributed by atoms with Gasteiger partial charge in [0.1, 0.15) is 11.6 Å². The normalized spacial score (nSPS) is 10.5. The van der Waals surface area contributed by atoms with E-state index in [0.29, 0.717) is 6.54 Å². The predicted molar refractivity (Wildman–Crippen MR) is 77.2 cm³/mol. The lowest BCUT2D eigenvalue weighted by Crippen LogP contribution is -2.01. The Kier molecular flexibility index (Phi) is 3.02. The molecule has 0 aliphatic heterocycles. The van der Waals surface area contributed by atoms with Crippen LogP contribution in [-0.2, 0) is 6.54 Å². The van der Waals surface area contributed by atoms with Crippen LogP contribution in [0.2, 0.25) is 0 Å². The highest BCUT2D eigenvalue weighted by atomic mass is 16.3. The van der Waals surface area contributed by atoms with Crippen LogP contribution in [0.4, 0.5) is 5.82 Å². The van der Waals surface area contributed by atoms with Crippen LogP contribution in [-0.4, -0.2) is 10.1 Å². The van der Waals surface area contributed by atoms with E-state index in [9.17, 15) is 5.11 Å². The number of hydrogen-bond donors (Lipinski definition) is 2. The molecule has 3 nitrogen and oxygen atoms in total. The third-order valence-electron chi connectivity index (χ3n) is 3.05. The zero-order chi connectivity index (χ0) is 13.1. The molecule has 0 aliphatic rings. The van der Waals surface area contributed by atoms with E-state index in [1.165, 1.54) is 5.56 Å². The molecule has 19 heavy (non-hydrogen) atoms. The summed E-state index contributed by atoms with van der Waals surface area (Å²) in [5, 5.41) is 14.9. The van der Waals surface area contributed by atoms with E-state index in [4.69, 9.17) is 0 Å². The molecule has 0 fully saturated rings. The summed E-state index contributed by atoms with van der Waals surface area (Å²) in [4.78, 5) is 4.34. The largest absolute Gasteiger partial charge is 0.508 e. The molecule has 0 aliphatic carbocycles. The standard InChI is InChI=1S/C16H14N2O/c19-14-7-6-13-8-9-17-16(15(13)10-14)18-11-12-4-2-1-3-5-12/h1-10,19H,11H2,(H,17,18). The number of phenolic OH excluding ortho intramolecular Hbond substituents is 1. The van der Waals surface area contributed by atoms with Crippen molar-refractivity contribution in [1.29, 1.82) is 0 Å². The smallest absolute Gasteiger partial charge is 0.134 e. The van der Waals surface area contributed by atoms with E-state index in [2.05, 4.69) is 22.4 Å².